The fourth-order valence-electron chi connectivity index (χ4n) is 2.42. The third-order valence-corrected chi connectivity index (χ3v) is 3.59. The van der Waals surface area contributed by atoms with Crippen LogP contribution in [0.5, 0.6) is 0 Å². The molecule has 1 aliphatic heterocycles. The molecular formula is C15H19NO5. The third-order valence-electron chi connectivity index (χ3n) is 3.59. The molecule has 0 radical (unpaired) electrons. The second kappa shape index (κ2) is 7.19. The van der Waals surface area contributed by atoms with Gasteiger partial charge in [0.25, 0.3) is 0 Å². The number of hydrogen-bond donors (Lipinski definition) is 2. The lowest BCUT2D eigenvalue weighted by atomic mass is 9.98. The van der Waals surface area contributed by atoms with Crippen LogP contribution >= 0.6 is 0 Å². The summed E-state index contributed by atoms with van der Waals surface area (Å²) in [6, 6.07) is 6.10. The number of aliphatic hydroxyl groups excluding tert-OH is 1. The van der Waals surface area contributed by atoms with Crippen LogP contribution in [0.15, 0.2) is 24.3 Å². The van der Waals surface area contributed by atoms with Crippen molar-refractivity contribution >= 4 is 17.6 Å². The number of carbonyl (C=O) groups excluding carboxylic acids is 1. The number of carboxylic acid groups (broad SMARTS) is 1. The summed E-state index contributed by atoms with van der Waals surface area (Å²) in [7, 11) is 0. The lowest BCUT2D eigenvalue weighted by Gasteiger charge is -2.29. The predicted octanol–water partition coefficient (Wildman–Crippen LogP) is 1.14. The number of carbonyl (C=O) groups is 2. The first-order valence-corrected chi connectivity index (χ1v) is 6.97. The van der Waals surface area contributed by atoms with E-state index in [0.717, 1.165) is 0 Å². The Bertz CT molecular complexity index is 493. The number of hydrogen-bond acceptors (Lipinski definition) is 4. The number of nitrogens with zero attached hydrogens (tertiary/aromatic N) is 1. The van der Waals surface area contributed by atoms with Gasteiger partial charge in [-0.3, -0.25) is 4.79 Å². The van der Waals surface area contributed by atoms with E-state index >= 15 is 0 Å². The van der Waals surface area contributed by atoms with Gasteiger partial charge in [-0.05, 0) is 37.1 Å². The molecule has 0 spiro atoms. The van der Waals surface area contributed by atoms with Crippen molar-refractivity contribution in [3.63, 3.8) is 0 Å². The number of amides is 1. The van der Waals surface area contributed by atoms with Crippen LogP contribution in [0.25, 0.3) is 0 Å². The Morgan fingerprint density at radius 3 is 2.33 bits per heavy atom. The van der Waals surface area contributed by atoms with Crippen LogP contribution in [0.4, 0.5) is 5.69 Å². The Balaban J connectivity index is 2.16. The molecule has 1 heterocycles. The Kier molecular flexibility index (Phi) is 5.30. The molecular weight excluding hydrogens is 274 g/mol. The molecule has 1 aromatic rings. The van der Waals surface area contributed by atoms with E-state index < -0.39 is 5.97 Å². The third kappa shape index (κ3) is 3.80. The van der Waals surface area contributed by atoms with Crippen LogP contribution in [-0.2, 0) is 9.53 Å². The van der Waals surface area contributed by atoms with Gasteiger partial charge in [0.1, 0.15) is 0 Å². The Labute approximate surface area is 122 Å². The molecule has 1 aromatic carbocycles. The molecule has 114 valence electrons. The summed E-state index contributed by atoms with van der Waals surface area (Å²) in [4.78, 5) is 24.9. The Morgan fingerprint density at radius 1 is 1.19 bits per heavy atom. The number of rotatable bonds is 5. The molecule has 6 nitrogen and oxygen atoms in total. The fourth-order valence-corrected chi connectivity index (χ4v) is 2.42. The summed E-state index contributed by atoms with van der Waals surface area (Å²) in [5, 5.41) is 18.1. The fraction of sp³-hybridized carbons (Fsp3) is 0.467. The number of anilines is 1. The van der Waals surface area contributed by atoms with Gasteiger partial charge < -0.3 is 19.8 Å². The van der Waals surface area contributed by atoms with Crippen LogP contribution in [0.2, 0.25) is 0 Å². The predicted molar refractivity (Wildman–Crippen MR) is 76.4 cm³/mol. The van der Waals surface area contributed by atoms with E-state index in [4.69, 9.17) is 9.84 Å². The number of ether oxygens (including phenoxy) is 1. The lowest BCUT2D eigenvalue weighted by molar-refractivity contribution is -0.125. The SMILES string of the molecule is O=C(O)c1ccc(N(CCO)C(=O)C2CCOCC2)cc1. The molecule has 2 N–H and O–H groups in total. The van der Waals surface area contributed by atoms with Crippen molar-refractivity contribution in [2.75, 3.05) is 31.3 Å². The zero-order valence-electron chi connectivity index (χ0n) is 11.7. The van der Waals surface area contributed by atoms with E-state index in [0.29, 0.717) is 31.7 Å². The molecule has 0 aliphatic carbocycles. The minimum Gasteiger partial charge on any atom is -0.478 e. The van der Waals surface area contributed by atoms with E-state index in [1.807, 2.05) is 0 Å². The molecule has 0 aromatic heterocycles. The van der Waals surface area contributed by atoms with E-state index in [1.165, 1.54) is 17.0 Å². The Hall–Kier alpha value is -1.92. The van der Waals surface area contributed by atoms with Crippen LogP contribution in [-0.4, -0.2) is 48.5 Å². The average Bonchev–Trinajstić information content (AvgIpc) is 2.53. The molecule has 6 heteroatoms. The highest BCUT2D eigenvalue weighted by atomic mass is 16.5. The molecule has 1 aliphatic rings. The maximum Gasteiger partial charge on any atom is 0.335 e. The van der Waals surface area contributed by atoms with Crippen molar-refractivity contribution < 1.29 is 24.5 Å². The summed E-state index contributed by atoms with van der Waals surface area (Å²) in [6.07, 6.45) is 1.35. The van der Waals surface area contributed by atoms with Crippen LogP contribution < -0.4 is 4.90 Å². The number of aromatic carboxylic acids is 1. The first-order valence-electron chi connectivity index (χ1n) is 6.97. The number of aliphatic hydroxyl groups is 1. The van der Waals surface area contributed by atoms with Crippen molar-refractivity contribution in [2.45, 2.75) is 12.8 Å². The van der Waals surface area contributed by atoms with Crippen LogP contribution in [0.3, 0.4) is 0 Å². The van der Waals surface area contributed by atoms with Gasteiger partial charge in [-0.2, -0.15) is 0 Å². The van der Waals surface area contributed by atoms with E-state index in [-0.39, 0.29) is 30.5 Å². The maximum absolute atomic E-state index is 12.6. The highest BCUT2D eigenvalue weighted by molar-refractivity contribution is 5.96. The van der Waals surface area contributed by atoms with Crippen molar-refractivity contribution in [1.29, 1.82) is 0 Å². The monoisotopic (exact) mass is 293 g/mol. The van der Waals surface area contributed by atoms with Gasteiger partial charge in [-0.15, -0.1) is 0 Å². The molecule has 0 unspecified atom stereocenters. The quantitative estimate of drug-likeness (QED) is 0.850. The molecule has 1 amide bonds. The van der Waals surface area contributed by atoms with Crippen molar-refractivity contribution in [1.82, 2.24) is 0 Å². The maximum atomic E-state index is 12.6. The summed E-state index contributed by atoms with van der Waals surface area (Å²) < 4.78 is 5.25. The standard InChI is InChI=1S/C15H19NO5/c17-8-7-16(14(18)11-5-9-21-10-6-11)13-3-1-12(2-4-13)15(19)20/h1-4,11,17H,5-10H2,(H,19,20). The molecule has 2 rings (SSSR count). The summed E-state index contributed by atoms with van der Waals surface area (Å²) in [6.45, 7) is 1.20. The summed E-state index contributed by atoms with van der Waals surface area (Å²) in [5.41, 5.74) is 0.770. The largest absolute Gasteiger partial charge is 0.478 e. The summed E-state index contributed by atoms with van der Waals surface area (Å²) in [5.74, 6) is -1.16. The minimum absolute atomic E-state index is 0.0459. The molecule has 0 saturated carbocycles. The number of benzene rings is 1. The van der Waals surface area contributed by atoms with Gasteiger partial charge in [0.15, 0.2) is 0 Å². The normalized spacial score (nSPS) is 15.7. The van der Waals surface area contributed by atoms with Gasteiger partial charge >= 0.3 is 5.97 Å². The van der Waals surface area contributed by atoms with E-state index in [9.17, 15) is 14.7 Å². The average molecular weight is 293 g/mol. The first kappa shape index (κ1) is 15.5. The highest BCUT2D eigenvalue weighted by Gasteiger charge is 2.27. The van der Waals surface area contributed by atoms with Gasteiger partial charge in [0.2, 0.25) is 5.91 Å². The highest BCUT2D eigenvalue weighted by Crippen LogP contribution is 2.22. The van der Waals surface area contributed by atoms with Gasteiger partial charge in [-0.1, -0.05) is 0 Å². The molecule has 1 saturated heterocycles. The number of carboxylic acids is 1. The molecule has 21 heavy (non-hydrogen) atoms. The van der Waals surface area contributed by atoms with E-state index in [1.54, 1.807) is 12.1 Å². The van der Waals surface area contributed by atoms with Crippen molar-refractivity contribution in [3.05, 3.63) is 29.8 Å². The van der Waals surface area contributed by atoms with E-state index in [2.05, 4.69) is 0 Å². The zero-order valence-corrected chi connectivity index (χ0v) is 11.7. The second-order valence-electron chi connectivity index (χ2n) is 4.95. The molecule has 0 atom stereocenters. The van der Waals surface area contributed by atoms with Gasteiger partial charge in [0.05, 0.1) is 12.2 Å². The molecule has 0 bridgehead atoms. The minimum atomic E-state index is -1.01. The second-order valence-corrected chi connectivity index (χ2v) is 4.95. The van der Waals surface area contributed by atoms with Crippen molar-refractivity contribution in [2.24, 2.45) is 5.92 Å². The van der Waals surface area contributed by atoms with Gasteiger partial charge in [0, 0.05) is 31.4 Å². The Morgan fingerprint density at radius 2 is 1.81 bits per heavy atom. The first-order chi connectivity index (χ1) is 10.1. The van der Waals surface area contributed by atoms with Crippen LogP contribution in [0.1, 0.15) is 23.2 Å². The smallest absolute Gasteiger partial charge is 0.335 e. The summed E-state index contributed by atoms with van der Waals surface area (Å²) >= 11 is 0. The lowest BCUT2D eigenvalue weighted by Crippen LogP contribution is -2.40. The topological polar surface area (TPSA) is 87.1 Å². The molecule has 1 fully saturated rings. The van der Waals surface area contributed by atoms with Crippen LogP contribution in [0, 0.1) is 5.92 Å². The zero-order chi connectivity index (χ0) is 15.2. The van der Waals surface area contributed by atoms with Gasteiger partial charge in [-0.25, -0.2) is 4.79 Å². The van der Waals surface area contributed by atoms with Crippen molar-refractivity contribution in [3.8, 4) is 0 Å².